The summed E-state index contributed by atoms with van der Waals surface area (Å²) in [6.45, 7) is 0.715. The van der Waals surface area contributed by atoms with Crippen molar-refractivity contribution in [1.82, 2.24) is 4.57 Å². The summed E-state index contributed by atoms with van der Waals surface area (Å²) in [6.07, 6.45) is 5.26. The van der Waals surface area contributed by atoms with Crippen LogP contribution in [-0.4, -0.2) is 13.0 Å². The van der Waals surface area contributed by atoms with Crippen molar-refractivity contribution in [3.8, 4) is 0 Å². The maximum absolute atomic E-state index is 11.2. The van der Waals surface area contributed by atoms with Crippen molar-refractivity contribution < 1.29 is 8.42 Å². The Morgan fingerprint density at radius 3 is 2.57 bits per heavy atom. The van der Waals surface area contributed by atoms with Gasteiger partial charge in [-0.3, -0.25) is 0 Å². The summed E-state index contributed by atoms with van der Waals surface area (Å²) in [4.78, 5) is 0.141. The molecule has 0 radical (unpaired) electrons. The molecule has 0 fully saturated rings. The second kappa shape index (κ2) is 5.29. The molecule has 1 heterocycles. The summed E-state index contributed by atoms with van der Waals surface area (Å²) in [6, 6.07) is 8.93. The van der Waals surface area contributed by atoms with Crippen molar-refractivity contribution in [3.05, 3.63) is 53.3 Å². The van der Waals surface area contributed by atoms with Crippen LogP contribution in [0.15, 0.2) is 41.4 Å². The first-order valence-corrected chi connectivity index (χ1v) is 8.55. The summed E-state index contributed by atoms with van der Waals surface area (Å²) < 4.78 is 24.7. The number of hydrogen-bond acceptors (Lipinski definition) is 3. The third-order valence-electron chi connectivity index (χ3n) is 4.05. The lowest BCUT2D eigenvalue weighted by atomic mass is 9.93. The molecule has 1 unspecified atom stereocenters. The van der Waals surface area contributed by atoms with Crippen molar-refractivity contribution in [2.45, 2.75) is 36.7 Å². The number of nitrogens with zero attached hydrogens (tertiary/aromatic N) is 1. The van der Waals surface area contributed by atoms with E-state index < -0.39 is 10.0 Å². The highest BCUT2D eigenvalue weighted by atomic mass is 32.2. The zero-order chi connectivity index (χ0) is 15.0. The molecular weight excluding hydrogens is 286 g/mol. The van der Waals surface area contributed by atoms with E-state index in [4.69, 9.17) is 10.9 Å². The van der Waals surface area contributed by atoms with Crippen LogP contribution in [0.1, 0.15) is 35.7 Å². The molecule has 1 aromatic heterocycles. The van der Waals surface area contributed by atoms with Crippen molar-refractivity contribution >= 4 is 10.0 Å². The fourth-order valence-electron chi connectivity index (χ4n) is 2.92. The predicted octanol–water partition coefficient (Wildman–Crippen LogP) is 1.52. The van der Waals surface area contributed by atoms with Crippen LogP contribution in [0.5, 0.6) is 0 Å². The van der Waals surface area contributed by atoms with Gasteiger partial charge in [-0.1, -0.05) is 12.1 Å². The van der Waals surface area contributed by atoms with E-state index in [1.54, 1.807) is 24.3 Å². The number of rotatable bonds is 3. The van der Waals surface area contributed by atoms with Gasteiger partial charge in [0.25, 0.3) is 0 Å². The quantitative estimate of drug-likeness (QED) is 0.900. The standard InChI is InChI=1S/C15H19N3O2S/c16-14-2-1-3-15-13(14)8-9-18(15)10-11-4-6-12(7-5-11)21(17,19)20/h4-9,14H,1-3,10,16H2,(H2,17,19,20). The Labute approximate surface area is 124 Å². The van der Waals surface area contributed by atoms with Crippen molar-refractivity contribution in [2.75, 3.05) is 0 Å². The van der Waals surface area contributed by atoms with E-state index in [1.807, 2.05) is 0 Å². The Balaban J connectivity index is 1.85. The van der Waals surface area contributed by atoms with Crippen LogP contribution < -0.4 is 10.9 Å². The monoisotopic (exact) mass is 305 g/mol. The molecule has 0 bridgehead atoms. The lowest BCUT2D eigenvalue weighted by Gasteiger charge is -2.21. The first kappa shape index (κ1) is 14.3. The van der Waals surface area contributed by atoms with E-state index in [-0.39, 0.29) is 10.9 Å². The predicted molar refractivity (Wildman–Crippen MR) is 81.2 cm³/mol. The smallest absolute Gasteiger partial charge is 0.238 e. The van der Waals surface area contributed by atoms with Gasteiger partial charge in [0.2, 0.25) is 10.0 Å². The Bertz CT molecular complexity index is 748. The van der Waals surface area contributed by atoms with Crippen LogP contribution in [0.3, 0.4) is 0 Å². The minimum atomic E-state index is -3.63. The van der Waals surface area contributed by atoms with Gasteiger partial charge in [-0.15, -0.1) is 0 Å². The summed E-state index contributed by atoms with van der Waals surface area (Å²) in [7, 11) is -3.63. The fraction of sp³-hybridized carbons (Fsp3) is 0.333. The number of sulfonamides is 1. The summed E-state index contributed by atoms with van der Waals surface area (Å²) >= 11 is 0. The molecule has 0 spiro atoms. The normalized spacial score (nSPS) is 18.5. The van der Waals surface area contributed by atoms with Crippen LogP contribution >= 0.6 is 0 Å². The molecule has 3 rings (SSSR count). The molecule has 1 atom stereocenters. The maximum Gasteiger partial charge on any atom is 0.238 e. The first-order chi connectivity index (χ1) is 9.95. The van der Waals surface area contributed by atoms with Crippen LogP contribution in [-0.2, 0) is 23.0 Å². The average molecular weight is 305 g/mol. The molecule has 5 nitrogen and oxygen atoms in total. The topological polar surface area (TPSA) is 91.1 Å². The van der Waals surface area contributed by atoms with Gasteiger partial charge in [-0.2, -0.15) is 0 Å². The molecule has 4 N–H and O–H groups in total. The number of fused-ring (bicyclic) bond motifs is 1. The number of nitrogens with two attached hydrogens (primary N) is 2. The number of hydrogen-bond donors (Lipinski definition) is 2. The highest BCUT2D eigenvalue weighted by molar-refractivity contribution is 7.89. The van der Waals surface area contributed by atoms with Gasteiger partial charge in [-0.05, 0) is 48.6 Å². The van der Waals surface area contributed by atoms with E-state index >= 15 is 0 Å². The molecule has 6 heteroatoms. The molecule has 1 aliphatic carbocycles. The first-order valence-electron chi connectivity index (χ1n) is 7.00. The Kier molecular flexibility index (Phi) is 3.61. The third-order valence-corrected chi connectivity index (χ3v) is 4.98. The molecule has 1 aliphatic rings. The Hall–Kier alpha value is -1.63. The van der Waals surface area contributed by atoms with Gasteiger partial charge in [0, 0.05) is 24.5 Å². The molecular formula is C15H19N3O2S. The van der Waals surface area contributed by atoms with E-state index in [0.29, 0.717) is 6.54 Å². The minimum Gasteiger partial charge on any atom is -0.347 e. The van der Waals surface area contributed by atoms with Gasteiger partial charge in [0.15, 0.2) is 0 Å². The molecule has 1 aromatic carbocycles. The van der Waals surface area contributed by atoms with Crippen LogP contribution in [0.2, 0.25) is 0 Å². The summed E-state index contributed by atoms with van der Waals surface area (Å²) in [5.74, 6) is 0. The van der Waals surface area contributed by atoms with Gasteiger partial charge < -0.3 is 10.3 Å². The highest BCUT2D eigenvalue weighted by Gasteiger charge is 2.20. The average Bonchev–Trinajstić information content (AvgIpc) is 2.83. The van der Waals surface area contributed by atoms with Gasteiger partial charge in [0.1, 0.15) is 0 Å². The number of benzene rings is 1. The van der Waals surface area contributed by atoms with Gasteiger partial charge >= 0.3 is 0 Å². The molecule has 0 saturated heterocycles. The SMILES string of the molecule is NC1CCCc2c1ccn2Cc1ccc(S(N)(=O)=O)cc1. The second-order valence-corrected chi connectivity index (χ2v) is 7.09. The number of primary sulfonamides is 1. The van der Waals surface area contributed by atoms with Crippen LogP contribution in [0, 0.1) is 0 Å². The van der Waals surface area contributed by atoms with Crippen LogP contribution in [0.25, 0.3) is 0 Å². The summed E-state index contributed by atoms with van der Waals surface area (Å²) in [5, 5.41) is 5.10. The molecule has 112 valence electrons. The maximum atomic E-state index is 11.2. The lowest BCUT2D eigenvalue weighted by molar-refractivity contribution is 0.548. The van der Waals surface area contributed by atoms with E-state index in [2.05, 4.69) is 16.8 Å². The molecule has 21 heavy (non-hydrogen) atoms. The second-order valence-electron chi connectivity index (χ2n) is 5.53. The zero-order valence-electron chi connectivity index (χ0n) is 11.7. The fourth-order valence-corrected chi connectivity index (χ4v) is 3.44. The van der Waals surface area contributed by atoms with Gasteiger partial charge in [-0.25, -0.2) is 13.6 Å². The van der Waals surface area contributed by atoms with Crippen LogP contribution in [0.4, 0.5) is 0 Å². The van der Waals surface area contributed by atoms with Crippen molar-refractivity contribution in [3.63, 3.8) is 0 Å². The zero-order valence-corrected chi connectivity index (χ0v) is 12.5. The molecule has 0 aliphatic heterocycles. The van der Waals surface area contributed by atoms with E-state index in [9.17, 15) is 8.42 Å². The summed E-state index contributed by atoms with van der Waals surface area (Å²) in [5.41, 5.74) is 9.70. The number of aromatic nitrogens is 1. The molecule has 2 aromatic rings. The highest BCUT2D eigenvalue weighted by Crippen LogP contribution is 2.29. The third kappa shape index (κ3) is 2.88. The lowest BCUT2D eigenvalue weighted by Crippen LogP contribution is -2.18. The van der Waals surface area contributed by atoms with E-state index in [1.165, 1.54) is 11.3 Å². The molecule has 0 saturated carbocycles. The van der Waals surface area contributed by atoms with Crippen molar-refractivity contribution in [2.24, 2.45) is 10.9 Å². The van der Waals surface area contributed by atoms with Gasteiger partial charge in [0.05, 0.1) is 4.90 Å². The molecule has 0 amide bonds. The minimum absolute atomic E-state index is 0.139. The Morgan fingerprint density at radius 1 is 1.19 bits per heavy atom. The van der Waals surface area contributed by atoms with E-state index in [0.717, 1.165) is 24.8 Å². The Morgan fingerprint density at radius 2 is 1.90 bits per heavy atom. The van der Waals surface area contributed by atoms with Crippen molar-refractivity contribution in [1.29, 1.82) is 0 Å². The largest absolute Gasteiger partial charge is 0.347 e.